The number of morpholine rings is 2. The van der Waals surface area contributed by atoms with E-state index in [0.29, 0.717) is 94.0 Å². The number of aliphatic hydroxyl groups is 1. The van der Waals surface area contributed by atoms with Gasteiger partial charge >= 0.3 is 12.4 Å². The summed E-state index contributed by atoms with van der Waals surface area (Å²) in [5.74, 6) is 1.17. The molecule has 10 heterocycles. The van der Waals surface area contributed by atoms with Crippen molar-refractivity contribution in [1.82, 2.24) is 69.2 Å². The Hall–Kier alpha value is -7.05. The van der Waals surface area contributed by atoms with Crippen LogP contribution in [-0.2, 0) is 27.4 Å². The van der Waals surface area contributed by atoms with Crippen LogP contribution in [0, 0.1) is 0 Å². The molecule has 0 radical (unpaired) electrons. The number of nitrogens with one attached hydrogen (secondary N) is 1. The molecule has 1 amide bonds. The van der Waals surface area contributed by atoms with Gasteiger partial charge in [-0.25, -0.2) is 49.8 Å². The first-order valence-corrected chi connectivity index (χ1v) is 24.4. The van der Waals surface area contributed by atoms with Crippen LogP contribution in [0.4, 0.5) is 61.8 Å². The minimum absolute atomic E-state index is 0.0124. The fourth-order valence-electron chi connectivity index (χ4n) is 9.86. The average molecular weight is 1060 g/mol. The van der Waals surface area contributed by atoms with Gasteiger partial charge in [0.2, 0.25) is 23.8 Å². The van der Waals surface area contributed by atoms with E-state index in [-0.39, 0.29) is 77.4 Å². The van der Waals surface area contributed by atoms with E-state index < -0.39 is 49.5 Å². The highest BCUT2D eigenvalue weighted by Crippen LogP contribution is 2.37. The van der Waals surface area contributed by atoms with Crippen molar-refractivity contribution in [2.75, 3.05) is 110 Å². The summed E-state index contributed by atoms with van der Waals surface area (Å²) in [7, 11) is 0. The fraction of sp³-hybridized carbons (Fsp3) is 0.578. The Bertz CT molecular complexity index is 2940. The van der Waals surface area contributed by atoms with E-state index in [0.717, 1.165) is 9.13 Å². The highest BCUT2D eigenvalue weighted by atomic mass is 19.4. The van der Waals surface area contributed by atoms with Gasteiger partial charge in [-0.1, -0.05) is 0 Å². The third-order valence-corrected chi connectivity index (χ3v) is 12.9. The van der Waals surface area contributed by atoms with Crippen LogP contribution in [0.5, 0.6) is 0 Å². The molecule has 0 aromatic carbocycles. The second-order valence-electron chi connectivity index (χ2n) is 19.1. The Balaban J connectivity index is 0.000000185. The molecule has 10 rings (SSSR count). The summed E-state index contributed by atoms with van der Waals surface area (Å²) in [6.45, 7) is 11.7. The normalized spacial score (nSPS) is 21.4. The van der Waals surface area contributed by atoms with Crippen LogP contribution in [0.3, 0.4) is 0 Å². The van der Waals surface area contributed by atoms with Crippen molar-refractivity contribution < 1.29 is 45.7 Å². The molecule has 404 valence electrons. The number of piperazine rings is 2. The van der Waals surface area contributed by atoms with E-state index in [1.54, 1.807) is 23.6 Å². The SMILES string of the molecule is CC(O)C(=O)N1[C@H](C)CN(c2nc3c(N4CCOCC4)nc(-c4cnc(N)nc4)nc3n2CC(F)(F)F)C[C@@H]1C.C[C@@H]1CN(c2nc3c(N4CCOCC4)nc(-c4cnc(N)nc4)nc3n2CC(F)(F)F)C[C@H](C)N1. The molecule has 30 heteroatoms. The van der Waals surface area contributed by atoms with Gasteiger partial charge in [-0.2, -0.15) is 26.3 Å². The van der Waals surface area contributed by atoms with E-state index in [9.17, 15) is 36.2 Å². The zero-order valence-corrected chi connectivity index (χ0v) is 41.8. The second-order valence-corrected chi connectivity index (χ2v) is 19.1. The van der Waals surface area contributed by atoms with Gasteiger partial charge in [-0.3, -0.25) is 13.9 Å². The van der Waals surface area contributed by atoms with Crippen LogP contribution in [0.15, 0.2) is 24.8 Å². The van der Waals surface area contributed by atoms with Gasteiger partial charge in [-0.15, -0.1) is 0 Å². The van der Waals surface area contributed by atoms with Crippen molar-refractivity contribution in [2.24, 2.45) is 0 Å². The molecular formula is C45H58F6N20O4. The van der Waals surface area contributed by atoms with Gasteiger partial charge in [0.15, 0.2) is 45.6 Å². The number of alkyl halides is 6. The maximum absolute atomic E-state index is 14.0. The number of aromatic nitrogens is 12. The number of nitrogen functional groups attached to an aromatic ring is 2. The van der Waals surface area contributed by atoms with Crippen LogP contribution >= 0.6 is 0 Å². The van der Waals surface area contributed by atoms with Crippen molar-refractivity contribution in [1.29, 1.82) is 0 Å². The number of rotatable bonds is 9. The first-order valence-electron chi connectivity index (χ1n) is 24.4. The van der Waals surface area contributed by atoms with Crippen molar-refractivity contribution >= 4 is 63.7 Å². The summed E-state index contributed by atoms with van der Waals surface area (Å²) in [5.41, 5.74) is 12.7. The number of amides is 1. The third kappa shape index (κ3) is 11.8. The number of hydrogen-bond donors (Lipinski definition) is 4. The fourth-order valence-corrected chi connectivity index (χ4v) is 9.86. The first-order chi connectivity index (χ1) is 35.6. The Labute approximate surface area is 425 Å². The van der Waals surface area contributed by atoms with Gasteiger partial charge in [0.05, 0.1) is 37.6 Å². The predicted octanol–water partition coefficient (Wildman–Crippen LogP) is 2.52. The van der Waals surface area contributed by atoms with E-state index in [1.165, 1.54) is 31.7 Å². The Morgan fingerprint density at radius 3 is 1.36 bits per heavy atom. The Morgan fingerprint density at radius 2 is 1.00 bits per heavy atom. The topological polar surface area (TPSA) is 275 Å². The molecule has 75 heavy (non-hydrogen) atoms. The van der Waals surface area contributed by atoms with E-state index >= 15 is 0 Å². The quantitative estimate of drug-likeness (QED) is 0.151. The predicted molar refractivity (Wildman–Crippen MR) is 264 cm³/mol. The summed E-state index contributed by atoms with van der Waals surface area (Å²) < 4.78 is 96.4. The molecule has 24 nitrogen and oxygen atoms in total. The monoisotopic (exact) mass is 1060 g/mol. The summed E-state index contributed by atoms with van der Waals surface area (Å²) in [5, 5.41) is 13.3. The van der Waals surface area contributed by atoms with Crippen LogP contribution in [0.1, 0.15) is 34.6 Å². The lowest BCUT2D eigenvalue weighted by Crippen LogP contribution is -2.60. The zero-order valence-electron chi connectivity index (χ0n) is 41.8. The molecule has 0 aliphatic carbocycles. The number of fused-ring (bicyclic) bond motifs is 2. The van der Waals surface area contributed by atoms with Crippen LogP contribution in [0.2, 0.25) is 0 Å². The summed E-state index contributed by atoms with van der Waals surface area (Å²) in [6, 6.07) is -0.607. The molecule has 4 aliphatic heterocycles. The van der Waals surface area contributed by atoms with E-state index in [2.05, 4.69) is 40.2 Å². The standard InChI is InChI=1S/C24H31F3N10O3.C21H27F3N10O/c1-13-10-35(11-14(2)37(13)21(39)15(3)38)23-31-17-19(34-4-6-40-7-5-34)32-18(16-8-29-22(28)30-9-16)33-20(17)36(23)12-24(25,26)27;1-12-9-33(10-13(2)28-12)20-29-15-17(32-3-5-35-6-4-32)30-16(14-7-26-19(25)27-8-14)31-18(15)34(20)11-21(22,23)24/h8-9,13-15,38H,4-7,10-12H2,1-3H3,(H2,28,29,30);7-8,12-13,28H,3-6,9-11H2,1-2H3,(H2,25,26,27)/t13-,14+,15?;12-,13+. The van der Waals surface area contributed by atoms with Crippen LogP contribution < -0.4 is 36.4 Å². The second kappa shape index (κ2) is 21.3. The van der Waals surface area contributed by atoms with Crippen molar-refractivity contribution in [3.05, 3.63) is 24.8 Å². The maximum atomic E-state index is 14.0. The highest BCUT2D eigenvalue weighted by Gasteiger charge is 2.40. The lowest BCUT2D eigenvalue weighted by Gasteiger charge is -2.45. The zero-order chi connectivity index (χ0) is 53.5. The van der Waals surface area contributed by atoms with E-state index in [4.69, 9.17) is 35.9 Å². The summed E-state index contributed by atoms with van der Waals surface area (Å²) in [6.07, 6.45) is -4.48. The lowest BCUT2D eigenvalue weighted by molar-refractivity contribution is -0.144. The molecule has 6 aromatic rings. The van der Waals surface area contributed by atoms with Crippen molar-refractivity contribution in [3.63, 3.8) is 0 Å². The molecule has 0 spiro atoms. The number of aliphatic hydroxyl groups excluding tert-OH is 1. The molecule has 1 unspecified atom stereocenters. The minimum atomic E-state index is -4.57. The molecule has 0 saturated carbocycles. The smallest absolute Gasteiger partial charge is 0.384 e. The van der Waals surface area contributed by atoms with Gasteiger partial charge in [0.25, 0.3) is 5.91 Å². The first kappa shape index (κ1) is 52.8. The molecule has 6 aromatic heterocycles. The van der Waals surface area contributed by atoms with Gasteiger partial charge in [0, 0.05) is 101 Å². The van der Waals surface area contributed by atoms with Gasteiger partial charge in [0.1, 0.15) is 19.2 Å². The third-order valence-electron chi connectivity index (χ3n) is 12.9. The largest absolute Gasteiger partial charge is 0.406 e. The molecule has 0 bridgehead atoms. The number of anilines is 6. The average Bonchev–Trinajstić information content (AvgIpc) is 3.91. The number of nitrogens with zero attached hydrogens (tertiary/aromatic N) is 17. The van der Waals surface area contributed by atoms with Gasteiger partial charge < -0.3 is 55.9 Å². The molecule has 4 fully saturated rings. The molecular weight excluding hydrogens is 999 g/mol. The van der Waals surface area contributed by atoms with Crippen molar-refractivity contribution in [3.8, 4) is 22.8 Å². The molecule has 5 atom stereocenters. The van der Waals surface area contributed by atoms with Gasteiger partial charge in [-0.05, 0) is 34.6 Å². The highest BCUT2D eigenvalue weighted by molar-refractivity contribution is 5.89. The maximum Gasteiger partial charge on any atom is 0.406 e. The number of imidazole rings is 2. The number of carbonyl (C=O) groups is 1. The number of ether oxygens (including phenoxy) is 2. The number of halogens is 6. The Morgan fingerprint density at radius 1 is 0.627 bits per heavy atom. The summed E-state index contributed by atoms with van der Waals surface area (Å²) in [4.78, 5) is 65.5. The molecule has 4 aliphatic rings. The minimum Gasteiger partial charge on any atom is -0.384 e. The number of nitrogens with two attached hydrogens (primary N) is 2. The molecule has 4 saturated heterocycles. The molecule has 6 N–H and O–H groups in total. The number of hydrogen-bond acceptors (Lipinski definition) is 21. The van der Waals surface area contributed by atoms with E-state index in [1.807, 2.05) is 28.5 Å². The van der Waals surface area contributed by atoms with Crippen molar-refractivity contribution in [2.45, 2.75) is 90.3 Å². The summed E-state index contributed by atoms with van der Waals surface area (Å²) >= 11 is 0. The lowest BCUT2D eigenvalue weighted by atomic mass is 10.1. The van der Waals surface area contributed by atoms with Crippen LogP contribution in [0.25, 0.3) is 45.1 Å². The Kier molecular flexibility index (Phi) is 15.0. The number of carbonyl (C=O) groups excluding carboxylic acids is 1. The van der Waals surface area contributed by atoms with Crippen LogP contribution in [-0.4, -0.2) is 196 Å².